The first-order chi connectivity index (χ1) is 10.2. The van der Waals surface area contributed by atoms with Gasteiger partial charge < -0.3 is 0 Å². The van der Waals surface area contributed by atoms with Crippen molar-refractivity contribution in [3.8, 4) is 6.07 Å². The van der Waals surface area contributed by atoms with Crippen LogP contribution in [0.25, 0.3) is 6.08 Å². The summed E-state index contributed by atoms with van der Waals surface area (Å²) in [5.41, 5.74) is 2.38. The number of hydrogen-bond donors (Lipinski definition) is 0. The minimum Gasteiger partial charge on any atom is -0.289 e. The molecule has 0 aromatic heterocycles. The molecule has 2 aromatic carbocycles. The van der Waals surface area contributed by atoms with Gasteiger partial charge in [0.1, 0.15) is 5.82 Å². The summed E-state index contributed by atoms with van der Waals surface area (Å²) in [5, 5.41) is 8.90. The molecule has 0 atom stereocenters. The van der Waals surface area contributed by atoms with Crippen molar-refractivity contribution in [1.82, 2.24) is 0 Å². The second-order valence-corrected chi connectivity index (χ2v) is 5.63. The van der Waals surface area contributed by atoms with Crippen molar-refractivity contribution in [2.45, 2.75) is 4.90 Å². The molecule has 102 valence electrons. The number of halogens is 1. The molecule has 1 aliphatic rings. The lowest BCUT2D eigenvalue weighted by molar-refractivity contribution is 0.103. The Balaban J connectivity index is 2.00. The second-order valence-electron chi connectivity index (χ2n) is 4.64. The van der Waals surface area contributed by atoms with E-state index < -0.39 is 0 Å². The van der Waals surface area contributed by atoms with Crippen LogP contribution in [0.2, 0.25) is 0 Å². The Morgan fingerprint density at radius 1 is 1.24 bits per heavy atom. The number of nitrogens with zero attached hydrogens (tertiary/aromatic N) is 1. The summed E-state index contributed by atoms with van der Waals surface area (Å²) in [6.45, 7) is 0. The van der Waals surface area contributed by atoms with Crippen LogP contribution in [0, 0.1) is 17.1 Å². The van der Waals surface area contributed by atoms with Crippen molar-refractivity contribution < 1.29 is 9.18 Å². The molecule has 0 radical (unpaired) electrons. The molecular formula is C17H10FNOS. The largest absolute Gasteiger partial charge is 0.289 e. The Kier molecular flexibility index (Phi) is 3.59. The summed E-state index contributed by atoms with van der Waals surface area (Å²) in [6, 6.07) is 13.7. The van der Waals surface area contributed by atoms with Gasteiger partial charge in [0.25, 0.3) is 0 Å². The monoisotopic (exact) mass is 295 g/mol. The van der Waals surface area contributed by atoms with Gasteiger partial charge in [-0.2, -0.15) is 5.26 Å². The molecule has 0 amide bonds. The number of hydrogen-bond acceptors (Lipinski definition) is 3. The first-order valence-corrected chi connectivity index (χ1v) is 7.34. The molecule has 21 heavy (non-hydrogen) atoms. The number of benzene rings is 2. The molecule has 1 aliphatic heterocycles. The number of carbonyl (C=O) groups excluding carboxylic acids is 1. The summed E-state index contributed by atoms with van der Waals surface area (Å²) < 4.78 is 13.7. The highest BCUT2D eigenvalue weighted by atomic mass is 32.2. The lowest BCUT2D eigenvalue weighted by Crippen LogP contribution is -2.13. The quantitative estimate of drug-likeness (QED) is 0.745. The third kappa shape index (κ3) is 2.61. The normalized spacial score (nSPS) is 15.6. The molecule has 2 aromatic rings. The topological polar surface area (TPSA) is 40.9 Å². The molecule has 0 spiro atoms. The highest BCUT2D eigenvalue weighted by Gasteiger charge is 2.24. The fourth-order valence-corrected chi connectivity index (χ4v) is 3.27. The predicted molar refractivity (Wildman–Crippen MR) is 80.6 cm³/mol. The summed E-state index contributed by atoms with van der Waals surface area (Å²) in [6.07, 6.45) is 1.77. The predicted octanol–water partition coefficient (Wildman–Crippen LogP) is 4.07. The van der Waals surface area contributed by atoms with E-state index in [-0.39, 0.29) is 11.6 Å². The number of thioether (sulfide) groups is 1. The van der Waals surface area contributed by atoms with Gasteiger partial charge in [-0.25, -0.2) is 4.39 Å². The third-order valence-corrected chi connectivity index (χ3v) is 4.39. The van der Waals surface area contributed by atoms with Crippen LogP contribution in [0.5, 0.6) is 0 Å². The van der Waals surface area contributed by atoms with Gasteiger partial charge in [-0.1, -0.05) is 18.2 Å². The lowest BCUT2D eigenvalue weighted by atomic mass is 10.0. The number of carbonyl (C=O) groups is 1. The lowest BCUT2D eigenvalue weighted by Gasteiger charge is -2.17. The Hall–Kier alpha value is -2.38. The zero-order valence-electron chi connectivity index (χ0n) is 11.0. The summed E-state index contributed by atoms with van der Waals surface area (Å²) >= 11 is 1.33. The van der Waals surface area contributed by atoms with Crippen molar-refractivity contribution in [2.75, 3.05) is 5.75 Å². The van der Waals surface area contributed by atoms with Crippen LogP contribution in [-0.4, -0.2) is 11.5 Å². The fraction of sp³-hybridized carbons (Fsp3) is 0.0588. The maximum atomic E-state index is 13.7. The van der Waals surface area contributed by atoms with Crippen molar-refractivity contribution in [3.63, 3.8) is 0 Å². The number of Topliss-reactive ketones (excluding diaryl/α,β-unsaturated/α-hetero) is 1. The molecule has 3 rings (SSSR count). The van der Waals surface area contributed by atoms with Gasteiger partial charge in [-0.15, -0.1) is 11.8 Å². The van der Waals surface area contributed by atoms with Gasteiger partial charge in [0.2, 0.25) is 0 Å². The van der Waals surface area contributed by atoms with E-state index in [0.29, 0.717) is 27.3 Å². The number of fused-ring (bicyclic) bond motifs is 1. The second kappa shape index (κ2) is 5.55. The molecule has 1 heterocycles. The Bertz CT molecular complexity index is 805. The van der Waals surface area contributed by atoms with E-state index in [1.807, 2.05) is 6.07 Å². The number of rotatable bonds is 1. The van der Waals surface area contributed by atoms with Crippen LogP contribution in [0.3, 0.4) is 0 Å². The van der Waals surface area contributed by atoms with Gasteiger partial charge >= 0.3 is 0 Å². The number of ketones is 1. The first-order valence-electron chi connectivity index (χ1n) is 6.36. The minimum absolute atomic E-state index is 0.148. The Labute approximate surface area is 125 Å². The average Bonchev–Trinajstić information content (AvgIpc) is 2.51. The smallest absolute Gasteiger partial charge is 0.191 e. The van der Waals surface area contributed by atoms with Gasteiger partial charge in [-0.3, -0.25) is 4.79 Å². The first kappa shape index (κ1) is 13.6. The minimum atomic E-state index is -0.351. The highest BCUT2D eigenvalue weighted by Crippen LogP contribution is 2.35. The summed E-state index contributed by atoms with van der Waals surface area (Å²) in [7, 11) is 0. The summed E-state index contributed by atoms with van der Waals surface area (Å²) in [4.78, 5) is 12.8. The molecule has 0 saturated heterocycles. The van der Waals surface area contributed by atoms with Crippen LogP contribution in [0.15, 0.2) is 52.9 Å². The molecule has 4 heteroatoms. The van der Waals surface area contributed by atoms with Gasteiger partial charge in [0, 0.05) is 16.9 Å². The van der Waals surface area contributed by atoms with Crippen LogP contribution in [-0.2, 0) is 0 Å². The zero-order chi connectivity index (χ0) is 14.8. The maximum absolute atomic E-state index is 13.7. The van der Waals surface area contributed by atoms with E-state index in [0.717, 1.165) is 5.56 Å². The highest BCUT2D eigenvalue weighted by molar-refractivity contribution is 7.99. The van der Waals surface area contributed by atoms with Crippen molar-refractivity contribution in [3.05, 3.63) is 70.5 Å². The van der Waals surface area contributed by atoms with Gasteiger partial charge in [0.15, 0.2) is 5.78 Å². The number of nitriles is 1. The summed E-state index contributed by atoms with van der Waals surface area (Å²) in [5.74, 6) is -0.0641. The molecule has 0 bridgehead atoms. The molecule has 2 nitrogen and oxygen atoms in total. The van der Waals surface area contributed by atoms with Crippen LogP contribution >= 0.6 is 11.8 Å². The van der Waals surface area contributed by atoms with Crippen LogP contribution in [0.4, 0.5) is 4.39 Å². The van der Waals surface area contributed by atoms with Crippen molar-refractivity contribution in [2.24, 2.45) is 0 Å². The van der Waals surface area contributed by atoms with Crippen LogP contribution in [0.1, 0.15) is 21.5 Å². The Morgan fingerprint density at radius 3 is 2.86 bits per heavy atom. The van der Waals surface area contributed by atoms with Crippen molar-refractivity contribution in [1.29, 1.82) is 5.26 Å². The van der Waals surface area contributed by atoms with E-state index in [9.17, 15) is 9.18 Å². The molecule has 0 unspecified atom stereocenters. The SMILES string of the molecule is N#Cc1cccc(C=C2CSc3c(F)cccc3C2=O)c1. The molecule has 0 fully saturated rings. The van der Waals surface area contributed by atoms with Crippen molar-refractivity contribution >= 4 is 23.6 Å². The maximum Gasteiger partial charge on any atom is 0.191 e. The fourth-order valence-electron chi connectivity index (χ4n) is 2.23. The Morgan fingerprint density at radius 2 is 2.05 bits per heavy atom. The van der Waals surface area contributed by atoms with E-state index in [1.165, 1.54) is 17.8 Å². The van der Waals surface area contributed by atoms with Gasteiger partial charge in [-0.05, 0) is 35.9 Å². The average molecular weight is 295 g/mol. The van der Waals surface area contributed by atoms with E-state index >= 15 is 0 Å². The molecular weight excluding hydrogens is 285 g/mol. The standard InChI is InChI=1S/C17H10FNOS/c18-15-6-2-5-14-16(20)13(10-21-17(14)15)8-11-3-1-4-12(7-11)9-19/h1-8H,10H2. The molecule has 0 N–H and O–H groups in total. The van der Waals surface area contributed by atoms with Gasteiger partial charge in [0.05, 0.1) is 16.5 Å². The van der Waals surface area contributed by atoms with Crippen LogP contribution < -0.4 is 0 Å². The van der Waals surface area contributed by atoms with E-state index in [1.54, 1.807) is 36.4 Å². The molecule has 0 aliphatic carbocycles. The molecule has 0 saturated carbocycles. The third-order valence-electron chi connectivity index (χ3n) is 3.23. The van der Waals surface area contributed by atoms with E-state index in [2.05, 4.69) is 6.07 Å². The zero-order valence-corrected chi connectivity index (χ0v) is 11.8. The van der Waals surface area contributed by atoms with E-state index in [4.69, 9.17) is 5.26 Å².